The predicted molar refractivity (Wildman–Crippen MR) is 86.1 cm³/mol. The van der Waals surface area contributed by atoms with Crippen molar-refractivity contribution in [2.24, 2.45) is 7.05 Å². The van der Waals surface area contributed by atoms with E-state index in [2.05, 4.69) is 54.7 Å². The van der Waals surface area contributed by atoms with Gasteiger partial charge in [0, 0.05) is 36.5 Å². The van der Waals surface area contributed by atoms with E-state index in [9.17, 15) is 0 Å². The molecule has 4 heteroatoms. The van der Waals surface area contributed by atoms with Crippen molar-refractivity contribution < 1.29 is 0 Å². The van der Waals surface area contributed by atoms with Crippen molar-refractivity contribution in [2.45, 2.75) is 37.8 Å². The molecule has 108 valence electrons. The van der Waals surface area contributed by atoms with Gasteiger partial charge in [0.1, 0.15) is 0 Å². The number of hydrogen-bond acceptors (Lipinski definition) is 3. The summed E-state index contributed by atoms with van der Waals surface area (Å²) in [5.74, 6) is 1.09. The quantitative estimate of drug-likeness (QED) is 0.794. The minimum atomic E-state index is 0.525. The molecule has 1 heterocycles. The smallest absolute Gasteiger partial charge is 0.0521 e. The summed E-state index contributed by atoms with van der Waals surface area (Å²) in [4.78, 5) is 1.34. The van der Waals surface area contributed by atoms with E-state index in [0.29, 0.717) is 6.04 Å². The van der Waals surface area contributed by atoms with Crippen LogP contribution in [0.4, 0.5) is 0 Å². The maximum atomic E-state index is 4.20. The van der Waals surface area contributed by atoms with Crippen LogP contribution in [0.2, 0.25) is 0 Å². The molecule has 1 N–H and O–H groups in total. The number of thioether (sulfide) groups is 1. The number of aromatic nitrogens is 2. The first-order valence-electron chi connectivity index (χ1n) is 7.06. The largest absolute Gasteiger partial charge is 0.310 e. The molecule has 0 atom stereocenters. The molecular weight excluding hydrogens is 266 g/mol. The van der Waals surface area contributed by atoms with Gasteiger partial charge in [-0.2, -0.15) is 5.10 Å². The second-order valence-electron chi connectivity index (χ2n) is 5.30. The Bertz CT molecular complexity index is 534. The second-order valence-corrected chi connectivity index (χ2v) is 6.47. The fourth-order valence-corrected chi connectivity index (χ4v) is 2.94. The SMILES string of the molecule is CC(C)NCc1cccc(SCCc2cnn(C)c2)c1. The molecule has 0 spiro atoms. The predicted octanol–water partition coefficient (Wildman–Crippen LogP) is 3.25. The van der Waals surface area contributed by atoms with Crippen LogP contribution in [0.3, 0.4) is 0 Å². The molecule has 0 unspecified atom stereocenters. The highest BCUT2D eigenvalue weighted by Crippen LogP contribution is 2.20. The summed E-state index contributed by atoms with van der Waals surface area (Å²) in [6.45, 7) is 5.29. The zero-order valence-corrected chi connectivity index (χ0v) is 13.3. The van der Waals surface area contributed by atoms with Crippen molar-refractivity contribution in [2.75, 3.05) is 5.75 Å². The maximum absolute atomic E-state index is 4.20. The van der Waals surface area contributed by atoms with Crippen molar-refractivity contribution in [1.29, 1.82) is 0 Å². The van der Waals surface area contributed by atoms with Gasteiger partial charge >= 0.3 is 0 Å². The fourth-order valence-electron chi connectivity index (χ4n) is 1.95. The van der Waals surface area contributed by atoms with Crippen molar-refractivity contribution in [3.63, 3.8) is 0 Å². The lowest BCUT2D eigenvalue weighted by Crippen LogP contribution is -2.21. The summed E-state index contributed by atoms with van der Waals surface area (Å²) >= 11 is 1.91. The summed E-state index contributed by atoms with van der Waals surface area (Å²) < 4.78 is 1.86. The first-order valence-corrected chi connectivity index (χ1v) is 8.04. The molecule has 0 aliphatic carbocycles. The normalized spacial score (nSPS) is 11.2. The zero-order chi connectivity index (χ0) is 14.4. The molecule has 0 saturated heterocycles. The molecule has 0 aliphatic rings. The van der Waals surface area contributed by atoms with Gasteiger partial charge < -0.3 is 5.32 Å². The van der Waals surface area contributed by atoms with Gasteiger partial charge in [-0.3, -0.25) is 4.68 Å². The number of nitrogens with zero attached hydrogens (tertiary/aromatic N) is 2. The minimum absolute atomic E-state index is 0.525. The molecule has 1 aromatic carbocycles. The Labute approximate surface area is 125 Å². The van der Waals surface area contributed by atoms with E-state index in [0.717, 1.165) is 18.7 Å². The first kappa shape index (κ1) is 15.1. The topological polar surface area (TPSA) is 29.9 Å². The Hall–Kier alpha value is -1.26. The fraction of sp³-hybridized carbons (Fsp3) is 0.438. The molecule has 0 fully saturated rings. The van der Waals surface area contributed by atoms with Gasteiger partial charge in [-0.25, -0.2) is 0 Å². The third kappa shape index (κ3) is 5.02. The van der Waals surface area contributed by atoms with E-state index in [1.165, 1.54) is 16.0 Å². The van der Waals surface area contributed by atoms with E-state index in [-0.39, 0.29) is 0 Å². The van der Waals surface area contributed by atoms with Gasteiger partial charge in [0.2, 0.25) is 0 Å². The lowest BCUT2D eigenvalue weighted by molar-refractivity contribution is 0.588. The summed E-state index contributed by atoms with van der Waals surface area (Å²) in [7, 11) is 1.96. The van der Waals surface area contributed by atoms with E-state index in [1.54, 1.807) is 0 Å². The molecule has 0 amide bonds. The van der Waals surface area contributed by atoms with Gasteiger partial charge in [0.25, 0.3) is 0 Å². The Balaban J connectivity index is 1.81. The monoisotopic (exact) mass is 289 g/mol. The van der Waals surface area contributed by atoms with Crippen molar-refractivity contribution >= 4 is 11.8 Å². The van der Waals surface area contributed by atoms with Gasteiger partial charge in [0.05, 0.1) is 6.20 Å². The van der Waals surface area contributed by atoms with Crippen LogP contribution in [0.15, 0.2) is 41.6 Å². The number of hydrogen-bond donors (Lipinski definition) is 1. The highest BCUT2D eigenvalue weighted by Gasteiger charge is 2.00. The third-order valence-electron chi connectivity index (χ3n) is 3.03. The molecule has 20 heavy (non-hydrogen) atoms. The van der Waals surface area contributed by atoms with Gasteiger partial charge in [-0.15, -0.1) is 11.8 Å². The van der Waals surface area contributed by atoms with Crippen molar-refractivity contribution in [3.05, 3.63) is 47.8 Å². The second kappa shape index (κ2) is 7.50. The standard InChI is InChI=1S/C16H23N3S/c1-13(2)17-10-14-5-4-6-16(9-14)20-8-7-15-11-18-19(3)12-15/h4-6,9,11-13,17H,7-8,10H2,1-3H3. The molecule has 3 nitrogen and oxygen atoms in total. The zero-order valence-electron chi connectivity index (χ0n) is 12.5. The van der Waals surface area contributed by atoms with Crippen LogP contribution >= 0.6 is 11.8 Å². The summed E-state index contributed by atoms with van der Waals surface area (Å²) in [6, 6.07) is 9.32. The van der Waals surface area contributed by atoms with E-state index < -0.39 is 0 Å². The van der Waals surface area contributed by atoms with Gasteiger partial charge in [-0.1, -0.05) is 26.0 Å². The molecule has 0 aliphatic heterocycles. The lowest BCUT2D eigenvalue weighted by Gasteiger charge is -2.09. The number of benzene rings is 1. The van der Waals surface area contributed by atoms with Crippen molar-refractivity contribution in [1.82, 2.24) is 15.1 Å². The lowest BCUT2D eigenvalue weighted by atomic mass is 10.2. The van der Waals surface area contributed by atoms with Crippen LogP contribution in [0.1, 0.15) is 25.0 Å². The molecule has 0 bridgehead atoms. The Morgan fingerprint density at radius 2 is 2.15 bits per heavy atom. The third-order valence-corrected chi connectivity index (χ3v) is 4.03. The van der Waals surface area contributed by atoms with Crippen molar-refractivity contribution in [3.8, 4) is 0 Å². The Kier molecular flexibility index (Phi) is 5.68. The van der Waals surface area contributed by atoms with Crippen LogP contribution < -0.4 is 5.32 Å². The highest BCUT2D eigenvalue weighted by molar-refractivity contribution is 7.99. The molecule has 1 aromatic heterocycles. The van der Waals surface area contributed by atoms with Crippen LogP contribution in [0.25, 0.3) is 0 Å². The van der Waals surface area contributed by atoms with E-state index in [4.69, 9.17) is 0 Å². The minimum Gasteiger partial charge on any atom is -0.310 e. The highest BCUT2D eigenvalue weighted by atomic mass is 32.2. The summed E-state index contributed by atoms with van der Waals surface area (Å²) in [6.07, 6.45) is 5.10. The molecule has 0 saturated carbocycles. The van der Waals surface area contributed by atoms with Crippen LogP contribution in [0, 0.1) is 0 Å². The Morgan fingerprint density at radius 3 is 2.85 bits per heavy atom. The molecule has 2 rings (SSSR count). The van der Waals surface area contributed by atoms with Crippen LogP contribution in [-0.2, 0) is 20.0 Å². The molecule has 0 radical (unpaired) electrons. The molecule has 2 aromatic rings. The maximum Gasteiger partial charge on any atom is 0.0521 e. The van der Waals surface area contributed by atoms with Gasteiger partial charge in [0.15, 0.2) is 0 Å². The summed E-state index contributed by atoms with van der Waals surface area (Å²) in [5.41, 5.74) is 2.66. The average Bonchev–Trinajstić information content (AvgIpc) is 2.83. The average molecular weight is 289 g/mol. The van der Waals surface area contributed by atoms with Gasteiger partial charge in [-0.05, 0) is 29.7 Å². The number of aryl methyl sites for hydroxylation is 2. The van der Waals surface area contributed by atoms with E-state index in [1.807, 2.05) is 29.7 Å². The molecular formula is C16H23N3S. The number of nitrogens with one attached hydrogen (secondary N) is 1. The Morgan fingerprint density at radius 1 is 1.30 bits per heavy atom. The van der Waals surface area contributed by atoms with Crippen LogP contribution in [0.5, 0.6) is 0 Å². The first-order chi connectivity index (χ1) is 9.63. The van der Waals surface area contributed by atoms with Crippen LogP contribution in [-0.4, -0.2) is 21.6 Å². The van der Waals surface area contributed by atoms with E-state index >= 15 is 0 Å². The number of rotatable bonds is 7. The summed E-state index contributed by atoms with van der Waals surface area (Å²) in [5, 5.41) is 7.65.